The molecule has 4 rings (SSSR count). The minimum atomic E-state index is -0.549. The van der Waals surface area contributed by atoms with Crippen molar-refractivity contribution < 1.29 is 18.7 Å². The van der Waals surface area contributed by atoms with Crippen LogP contribution in [0.4, 0.5) is 15.8 Å². The van der Waals surface area contributed by atoms with E-state index in [0.717, 1.165) is 16.0 Å². The third-order valence-electron chi connectivity index (χ3n) is 5.28. The Bertz CT molecular complexity index is 1230. The maximum atomic E-state index is 13.8. The van der Waals surface area contributed by atoms with Gasteiger partial charge in [0.2, 0.25) is 0 Å². The van der Waals surface area contributed by atoms with Crippen molar-refractivity contribution in [2.75, 3.05) is 17.3 Å². The summed E-state index contributed by atoms with van der Waals surface area (Å²) in [7, 11) is 1.55. The molecule has 1 heterocycles. The number of methoxy groups -OCH3 is 1. The van der Waals surface area contributed by atoms with Gasteiger partial charge in [-0.05, 0) is 60.9 Å². The molecule has 0 radical (unpaired) electrons. The summed E-state index contributed by atoms with van der Waals surface area (Å²) < 4.78 is 19.1. The van der Waals surface area contributed by atoms with Crippen LogP contribution in [-0.2, 0) is 9.59 Å². The molecule has 0 aromatic heterocycles. The SMILES string of the molecule is COc1cccc(NC2=C(c3ccc(C)c(C)c3)C(=O)N(c3cccc(F)c3)C2=O)c1. The predicted molar refractivity (Wildman–Crippen MR) is 118 cm³/mol. The van der Waals surface area contributed by atoms with E-state index in [-0.39, 0.29) is 17.0 Å². The highest BCUT2D eigenvalue weighted by Crippen LogP contribution is 2.35. The van der Waals surface area contributed by atoms with Crippen LogP contribution in [-0.4, -0.2) is 18.9 Å². The van der Waals surface area contributed by atoms with Crippen LogP contribution in [0.25, 0.3) is 5.57 Å². The third kappa shape index (κ3) is 3.80. The van der Waals surface area contributed by atoms with Crippen LogP contribution in [0.15, 0.2) is 72.4 Å². The zero-order valence-corrected chi connectivity index (χ0v) is 17.4. The number of halogens is 1. The van der Waals surface area contributed by atoms with Crippen molar-refractivity contribution in [2.24, 2.45) is 0 Å². The molecule has 0 fully saturated rings. The van der Waals surface area contributed by atoms with Gasteiger partial charge in [0.15, 0.2) is 0 Å². The molecule has 1 aliphatic rings. The zero-order valence-electron chi connectivity index (χ0n) is 17.4. The molecular weight excluding hydrogens is 395 g/mol. The molecule has 2 amide bonds. The van der Waals surface area contributed by atoms with Crippen molar-refractivity contribution in [2.45, 2.75) is 13.8 Å². The summed E-state index contributed by atoms with van der Waals surface area (Å²) in [5.74, 6) is -0.979. The molecule has 6 heteroatoms. The van der Waals surface area contributed by atoms with Crippen LogP contribution in [0.2, 0.25) is 0 Å². The van der Waals surface area contributed by atoms with E-state index in [2.05, 4.69) is 5.32 Å². The highest BCUT2D eigenvalue weighted by atomic mass is 19.1. The Hall–Kier alpha value is -3.93. The molecule has 0 aliphatic carbocycles. The third-order valence-corrected chi connectivity index (χ3v) is 5.28. The summed E-state index contributed by atoms with van der Waals surface area (Å²) in [6, 6.07) is 18.1. The van der Waals surface area contributed by atoms with E-state index in [9.17, 15) is 14.0 Å². The average molecular weight is 416 g/mol. The van der Waals surface area contributed by atoms with E-state index in [1.54, 1.807) is 31.4 Å². The second-order valence-electron chi connectivity index (χ2n) is 7.33. The smallest absolute Gasteiger partial charge is 0.282 e. The van der Waals surface area contributed by atoms with Crippen LogP contribution in [0, 0.1) is 19.7 Å². The number of carbonyl (C=O) groups is 2. The highest BCUT2D eigenvalue weighted by Gasteiger charge is 2.40. The lowest BCUT2D eigenvalue weighted by molar-refractivity contribution is -0.120. The number of anilines is 2. The topological polar surface area (TPSA) is 58.6 Å². The first-order valence-corrected chi connectivity index (χ1v) is 9.76. The Kier molecular flexibility index (Phi) is 5.29. The Morgan fingerprint density at radius 3 is 2.35 bits per heavy atom. The number of aryl methyl sites for hydroxylation is 2. The van der Waals surface area contributed by atoms with Gasteiger partial charge in [0.1, 0.15) is 17.3 Å². The number of benzene rings is 3. The van der Waals surface area contributed by atoms with Gasteiger partial charge < -0.3 is 10.1 Å². The summed E-state index contributed by atoms with van der Waals surface area (Å²) >= 11 is 0. The number of hydrogen-bond donors (Lipinski definition) is 1. The van der Waals surface area contributed by atoms with Crippen LogP contribution in [0.3, 0.4) is 0 Å². The van der Waals surface area contributed by atoms with Crippen molar-refractivity contribution in [3.05, 3.63) is 94.9 Å². The molecule has 3 aromatic rings. The molecule has 0 saturated carbocycles. The van der Waals surface area contributed by atoms with Crippen molar-refractivity contribution in [1.29, 1.82) is 0 Å². The predicted octanol–water partition coefficient (Wildman–Crippen LogP) is 4.85. The van der Waals surface area contributed by atoms with Gasteiger partial charge in [-0.2, -0.15) is 0 Å². The fourth-order valence-electron chi connectivity index (χ4n) is 3.51. The van der Waals surface area contributed by atoms with Crippen molar-refractivity contribution in [3.63, 3.8) is 0 Å². The van der Waals surface area contributed by atoms with Gasteiger partial charge in [-0.1, -0.05) is 30.3 Å². The lowest BCUT2D eigenvalue weighted by Crippen LogP contribution is -2.32. The van der Waals surface area contributed by atoms with E-state index >= 15 is 0 Å². The number of imide groups is 1. The molecule has 156 valence electrons. The summed E-state index contributed by atoms with van der Waals surface area (Å²) in [4.78, 5) is 27.8. The van der Waals surface area contributed by atoms with Gasteiger partial charge in [0.05, 0.1) is 18.4 Å². The van der Waals surface area contributed by atoms with Crippen molar-refractivity contribution >= 4 is 28.8 Å². The van der Waals surface area contributed by atoms with Gasteiger partial charge in [-0.3, -0.25) is 9.59 Å². The Balaban J connectivity index is 1.85. The number of rotatable bonds is 5. The summed E-state index contributed by atoms with van der Waals surface area (Å²) in [6.07, 6.45) is 0. The van der Waals surface area contributed by atoms with Gasteiger partial charge in [-0.15, -0.1) is 0 Å². The molecule has 0 spiro atoms. The fraction of sp³-hybridized carbons (Fsp3) is 0.120. The standard InChI is InChI=1S/C25H21FN2O3/c1-15-10-11-17(12-16(15)2)22-23(27-19-7-5-9-21(14-19)31-3)25(30)28(24(22)29)20-8-4-6-18(26)13-20/h4-14,27H,1-3H3. The molecule has 31 heavy (non-hydrogen) atoms. The highest BCUT2D eigenvalue weighted by molar-refractivity contribution is 6.46. The van der Waals surface area contributed by atoms with Gasteiger partial charge in [0, 0.05) is 11.8 Å². The molecule has 0 unspecified atom stereocenters. The lowest BCUT2D eigenvalue weighted by atomic mass is 9.99. The monoisotopic (exact) mass is 416 g/mol. The van der Waals surface area contributed by atoms with Crippen molar-refractivity contribution in [3.8, 4) is 5.75 Å². The fourth-order valence-corrected chi connectivity index (χ4v) is 3.51. The van der Waals surface area contributed by atoms with E-state index in [4.69, 9.17) is 4.74 Å². The Morgan fingerprint density at radius 2 is 1.65 bits per heavy atom. The maximum Gasteiger partial charge on any atom is 0.282 e. The number of nitrogens with zero attached hydrogens (tertiary/aromatic N) is 1. The molecule has 0 atom stereocenters. The van der Waals surface area contributed by atoms with Gasteiger partial charge in [0.25, 0.3) is 11.8 Å². The first kappa shape index (κ1) is 20.3. The van der Waals surface area contributed by atoms with E-state index < -0.39 is 17.6 Å². The average Bonchev–Trinajstić information content (AvgIpc) is 2.99. The largest absolute Gasteiger partial charge is 0.497 e. The molecule has 1 N–H and O–H groups in total. The van der Waals surface area contributed by atoms with Crippen LogP contribution in [0.1, 0.15) is 16.7 Å². The summed E-state index contributed by atoms with van der Waals surface area (Å²) in [5, 5.41) is 3.09. The van der Waals surface area contributed by atoms with E-state index in [0.29, 0.717) is 17.0 Å². The minimum absolute atomic E-state index is 0.130. The number of ether oxygens (including phenoxy) is 1. The second kappa shape index (κ2) is 8.07. The zero-order chi connectivity index (χ0) is 22.1. The molecular formula is C25H21FN2O3. The van der Waals surface area contributed by atoms with E-state index in [1.165, 1.54) is 24.3 Å². The Labute approximate surface area is 179 Å². The molecule has 1 aliphatic heterocycles. The lowest BCUT2D eigenvalue weighted by Gasteiger charge is -2.15. The van der Waals surface area contributed by atoms with Crippen LogP contribution in [0.5, 0.6) is 5.75 Å². The quantitative estimate of drug-likeness (QED) is 0.604. The first-order chi connectivity index (χ1) is 14.9. The van der Waals surface area contributed by atoms with Gasteiger partial charge >= 0.3 is 0 Å². The first-order valence-electron chi connectivity index (χ1n) is 9.76. The van der Waals surface area contributed by atoms with Crippen molar-refractivity contribution in [1.82, 2.24) is 0 Å². The minimum Gasteiger partial charge on any atom is -0.497 e. The molecule has 0 bridgehead atoms. The molecule has 0 saturated heterocycles. The second-order valence-corrected chi connectivity index (χ2v) is 7.33. The normalized spacial score (nSPS) is 13.7. The van der Waals surface area contributed by atoms with Crippen LogP contribution >= 0.6 is 0 Å². The summed E-state index contributed by atoms with van der Waals surface area (Å²) in [6.45, 7) is 3.92. The Morgan fingerprint density at radius 1 is 0.871 bits per heavy atom. The molecule has 5 nitrogen and oxygen atoms in total. The van der Waals surface area contributed by atoms with E-state index in [1.807, 2.05) is 32.0 Å². The number of amides is 2. The maximum absolute atomic E-state index is 13.8. The van der Waals surface area contributed by atoms with Crippen LogP contribution < -0.4 is 15.0 Å². The number of nitrogens with one attached hydrogen (secondary N) is 1. The number of hydrogen-bond acceptors (Lipinski definition) is 4. The molecule has 3 aromatic carbocycles. The summed E-state index contributed by atoms with van der Waals surface area (Å²) in [5.41, 5.74) is 3.83. The number of carbonyl (C=O) groups excluding carboxylic acids is 2. The van der Waals surface area contributed by atoms with Gasteiger partial charge in [-0.25, -0.2) is 9.29 Å².